The van der Waals surface area contributed by atoms with E-state index in [9.17, 15) is 9.90 Å². The van der Waals surface area contributed by atoms with E-state index >= 15 is 0 Å². The maximum atomic E-state index is 11.0. The molecular weight excluding hydrogens is 218 g/mol. The molecule has 1 aromatic rings. The number of phenolic OH excluding ortho intramolecular Hbond substituents is 1. The van der Waals surface area contributed by atoms with E-state index in [1.54, 1.807) is 12.1 Å². The zero-order valence-electron chi connectivity index (χ0n) is 10.1. The van der Waals surface area contributed by atoms with Gasteiger partial charge >= 0.3 is 5.97 Å². The summed E-state index contributed by atoms with van der Waals surface area (Å²) in [5.41, 5.74) is 1.69. The van der Waals surface area contributed by atoms with Gasteiger partial charge in [-0.05, 0) is 30.0 Å². The van der Waals surface area contributed by atoms with Crippen molar-refractivity contribution >= 4 is 5.97 Å². The highest BCUT2D eigenvalue weighted by Crippen LogP contribution is 2.21. The van der Waals surface area contributed by atoms with Gasteiger partial charge in [0.25, 0.3) is 0 Å². The van der Waals surface area contributed by atoms with E-state index in [1.165, 1.54) is 0 Å². The van der Waals surface area contributed by atoms with E-state index < -0.39 is 5.97 Å². The van der Waals surface area contributed by atoms with Crippen LogP contribution in [-0.2, 0) is 22.5 Å². The fourth-order valence-electron chi connectivity index (χ4n) is 1.72. The van der Waals surface area contributed by atoms with E-state index in [-0.39, 0.29) is 12.2 Å². The van der Waals surface area contributed by atoms with Crippen molar-refractivity contribution < 1.29 is 14.7 Å². The van der Waals surface area contributed by atoms with Gasteiger partial charge in [-0.2, -0.15) is 5.90 Å². The third-order valence-electron chi connectivity index (χ3n) is 2.67. The molecule has 0 aliphatic carbocycles. The maximum absolute atomic E-state index is 11.0. The summed E-state index contributed by atoms with van der Waals surface area (Å²) in [6.45, 7) is 2.13. The van der Waals surface area contributed by atoms with Crippen molar-refractivity contribution in [1.82, 2.24) is 0 Å². The summed E-state index contributed by atoms with van der Waals surface area (Å²) in [7, 11) is 0. The van der Waals surface area contributed by atoms with Crippen molar-refractivity contribution in [1.29, 1.82) is 0 Å². The number of aromatic hydroxyl groups is 1. The second-order valence-electron chi connectivity index (χ2n) is 4.09. The number of hydrogen-bond donors (Lipinski definition) is 2. The number of phenols is 1. The average molecular weight is 237 g/mol. The molecule has 4 nitrogen and oxygen atoms in total. The molecule has 0 heterocycles. The van der Waals surface area contributed by atoms with Gasteiger partial charge in [0.05, 0.1) is 6.42 Å². The van der Waals surface area contributed by atoms with Gasteiger partial charge in [0.2, 0.25) is 0 Å². The van der Waals surface area contributed by atoms with E-state index in [1.807, 2.05) is 6.07 Å². The van der Waals surface area contributed by atoms with Crippen molar-refractivity contribution in [2.75, 3.05) is 0 Å². The second kappa shape index (κ2) is 6.91. The molecule has 0 saturated carbocycles. The summed E-state index contributed by atoms with van der Waals surface area (Å²) in [6.07, 6.45) is 4.27. The lowest BCUT2D eigenvalue weighted by molar-refractivity contribution is -0.143. The third kappa shape index (κ3) is 4.44. The van der Waals surface area contributed by atoms with Crippen LogP contribution in [-0.4, -0.2) is 11.1 Å². The van der Waals surface area contributed by atoms with Gasteiger partial charge in [0, 0.05) is 0 Å². The monoisotopic (exact) mass is 237 g/mol. The summed E-state index contributed by atoms with van der Waals surface area (Å²) < 4.78 is 0. The van der Waals surface area contributed by atoms with Gasteiger partial charge in [0.15, 0.2) is 0 Å². The first-order valence-corrected chi connectivity index (χ1v) is 5.87. The number of carbonyl (C=O) groups excluding carboxylic acids is 1. The zero-order chi connectivity index (χ0) is 12.7. The lowest BCUT2D eigenvalue weighted by Crippen LogP contribution is -2.12. The molecule has 0 atom stereocenters. The largest absolute Gasteiger partial charge is 0.508 e. The van der Waals surface area contributed by atoms with Crippen LogP contribution in [0.25, 0.3) is 0 Å². The summed E-state index contributed by atoms with van der Waals surface area (Å²) in [5, 5.41) is 9.68. The molecule has 4 heteroatoms. The van der Waals surface area contributed by atoms with Gasteiger partial charge in [-0.25, -0.2) is 0 Å². The van der Waals surface area contributed by atoms with Crippen molar-refractivity contribution in [3.63, 3.8) is 0 Å². The Morgan fingerprint density at radius 2 is 2.18 bits per heavy atom. The van der Waals surface area contributed by atoms with Crippen LogP contribution in [0.2, 0.25) is 0 Å². The quantitative estimate of drug-likeness (QED) is 0.587. The minimum atomic E-state index is -0.477. The van der Waals surface area contributed by atoms with Crippen molar-refractivity contribution in [2.24, 2.45) is 5.90 Å². The zero-order valence-corrected chi connectivity index (χ0v) is 10.1. The smallest absolute Gasteiger partial charge is 0.328 e. The first-order valence-electron chi connectivity index (χ1n) is 5.87. The Balaban J connectivity index is 2.68. The Labute approximate surface area is 101 Å². The van der Waals surface area contributed by atoms with Gasteiger partial charge in [-0.3, -0.25) is 4.79 Å². The van der Waals surface area contributed by atoms with E-state index in [0.717, 1.165) is 36.8 Å². The molecule has 94 valence electrons. The molecule has 0 aliphatic rings. The Morgan fingerprint density at radius 1 is 1.41 bits per heavy atom. The van der Waals surface area contributed by atoms with Gasteiger partial charge < -0.3 is 9.94 Å². The number of aryl methyl sites for hydroxylation is 1. The SMILES string of the molecule is CCCCCc1cc(CC(=O)ON)ccc1O. The Hall–Kier alpha value is -1.55. The normalized spacial score (nSPS) is 10.2. The van der Waals surface area contributed by atoms with Gasteiger partial charge in [-0.1, -0.05) is 31.9 Å². The molecule has 0 aromatic heterocycles. The van der Waals surface area contributed by atoms with E-state index in [0.29, 0.717) is 0 Å². The number of rotatable bonds is 6. The maximum Gasteiger partial charge on any atom is 0.328 e. The number of nitrogens with two attached hydrogens (primary N) is 1. The lowest BCUT2D eigenvalue weighted by atomic mass is 10.0. The summed E-state index contributed by atoms with van der Waals surface area (Å²) in [4.78, 5) is 15.1. The molecule has 0 amide bonds. The molecule has 17 heavy (non-hydrogen) atoms. The van der Waals surface area contributed by atoms with Gasteiger partial charge in [0.1, 0.15) is 5.75 Å². The number of unbranched alkanes of at least 4 members (excludes halogenated alkanes) is 2. The van der Waals surface area contributed by atoms with Crippen molar-refractivity contribution in [3.8, 4) is 5.75 Å². The molecule has 0 spiro atoms. The molecule has 0 unspecified atom stereocenters. The summed E-state index contributed by atoms with van der Waals surface area (Å²) >= 11 is 0. The molecule has 0 radical (unpaired) electrons. The standard InChI is InChI=1S/C13H19NO3/c1-2-3-4-5-11-8-10(6-7-12(11)15)9-13(16)17-14/h6-8,15H,2-5,9,14H2,1H3. The minimum absolute atomic E-state index is 0.136. The van der Waals surface area contributed by atoms with Crippen LogP contribution in [0.4, 0.5) is 0 Å². The lowest BCUT2D eigenvalue weighted by Gasteiger charge is -2.07. The molecule has 0 bridgehead atoms. The molecular formula is C13H19NO3. The van der Waals surface area contributed by atoms with Crippen LogP contribution in [0.3, 0.4) is 0 Å². The molecule has 1 rings (SSSR count). The molecule has 3 N–H and O–H groups in total. The first kappa shape index (κ1) is 13.5. The molecule has 0 saturated heterocycles. The Kier molecular flexibility index (Phi) is 5.49. The highest BCUT2D eigenvalue weighted by Gasteiger charge is 2.07. The van der Waals surface area contributed by atoms with Crippen LogP contribution in [0.15, 0.2) is 18.2 Å². The Morgan fingerprint density at radius 3 is 2.82 bits per heavy atom. The van der Waals surface area contributed by atoms with Gasteiger partial charge in [-0.15, -0.1) is 0 Å². The highest BCUT2D eigenvalue weighted by molar-refractivity contribution is 5.72. The van der Waals surface area contributed by atoms with Crippen molar-refractivity contribution in [3.05, 3.63) is 29.3 Å². The predicted molar refractivity (Wildman–Crippen MR) is 65.3 cm³/mol. The minimum Gasteiger partial charge on any atom is -0.508 e. The van der Waals surface area contributed by atoms with Crippen molar-refractivity contribution in [2.45, 2.75) is 39.0 Å². The number of carbonyl (C=O) groups is 1. The summed E-state index contributed by atoms with van der Waals surface area (Å²) in [5.74, 6) is 4.59. The molecule has 0 fully saturated rings. The van der Waals surface area contributed by atoms with Crippen LogP contribution < -0.4 is 5.90 Å². The van der Waals surface area contributed by atoms with Crippen LogP contribution >= 0.6 is 0 Å². The highest BCUT2D eigenvalue weighted by atomic mass is 16.7. The second-order valence-corrected chi connectivity index (χ2v) is 4.09. The fraction of sp³-hybridized carbons (Fsp3) is 0.462. The van der Waals surface area contributed by atoms with E-state index in [2.05, 4.69) is 11.8 Å². The fourth-order valence-corrected chi connectivity index (χ4v) is 1.72. The average Bonchev–Trinajstić information content (AvgIpc) is 2.33. The van der Waals surface area contributed by atoms with Crippen LogP contribution in [0.5, 0.6) is 5.75 Å². The first-order chi connectivity index (χ1) is 8.17. The molecule has 1 aromatic carbocycles. The predicted octanol–water partition coefficient (Wildman–Crippen LogP) is 2.08. The van der Waals surface area contributed by atoms with Crippen LogP contribution in [0.1, 0.15) is 37.3 Å². The Bertz CT molecular complexity index is 377. The van der Waals surface area contributed by atoms with Crippen LogP contribution in [0, 0.1) is 0 Å². The van der Waals surface area contributed by atoms with E-state index in [4.69, 9.17) is 5.90 Å². The number of benzene rings is 1. The third-order valence-corrected chi connectivity index (χ3v) is 2.67. The molecule has 0 aliphatic heterocycles. The number of hydrogen-bond acceptors (Lipinski definition) is 4. The topological polar surface area (TPSA) is 72.5 Å². The summed E-state index contributed by atoms with van der Waals surface area (Å²) in [6, 6.07) is 5.15.